The molecule has 2 aromatic rings. The van der Waals surface area contributed by atoms with E-state index in [4.69, 9.17) is 4.42 Å². The molecule has 0 bridgehead atoms. The standard InChI is InChI=1S/C17H17BrN2O3S/c1-19(16(21)11-20-8-9-24-17(20)22)10-14-6-7-15(23-14)12-2-4-13(18)5-3-12/h2-7H,8-11H2,1H3. The Bertz CT molecular complexity index is 745. The van der Waals surface area contributed by atoms with Crippen LogP contribution < -0.4 is 0 Å². The van der Waals surface area contributed by atoms with Gasteiger partial charge in [-0.3, -0.25) is 9.59 Å². The molecule has 24 heavy (non-hydrogen) atoms. The van der Waals surface area contributed by atoms with Crippen LogP contribution in [0.2, 0.25) is 0 Å². The third kappa shape index (κ3) is 4.02. The number of hydrogen-bond acceptors (Lipinski definition) is 4. The van der Waals surface area contributed by atoms with Gasteiger partial charge in [0.2, 0.25) is 5.91 Å². The second kappa shape index (κ2) is 7.44. The molecule has 0 unspecified atom stereocenters. The summed E-state index contributed by atoms with van der Waals surface area (Å²) in [5.74, 6) is 2.15. The molecule has 126 valence electrons. The van der Waals surface area contributed by atoms with Gasteiger partial charge in [0.25, 0.3) is 5.24 Å². The second-order valence-electron chi connectivity index (χ2n) is 5.56. The van der Waals surface area contributed by atoms with Crippen LogP contribution in [0, 0.1) is 0 Å². The van der Waals surface area contributed by atoms with E-state index >= 15 is 0 Å². The summed E-state index contributed by atoms with van der Waals surface area (Å²) in [6, 6.07) is 11.6. The highest BCUT2D eigenvalue weighted by molar-refractivity contribution is 9.10. The lowest BCUT2D eigenvalue weighted by Gasteiger charge is -2.20. The monoisotopic (exact) mass is 408 g/mol. The molecule has 1 aromatic heterocycles. The molecular formula is C17H17BrN2O3S. The Morgan fingerprint density at radius 3 is 2.71 bits per heavy atom. The zero-order chi connectivity index (χ0) is 17.1. The van der Waals surface area contributed by atoms with Gasteiger partial charge in [-0.1, -0.05) is 39.8 Å². The summed E-state index contributed by atoms with van der Waals surface area (Å²) < 4.78 is 6.84. The van der Waals surface area contributed by atoms with Gasteiger partial charge in [0.05, 0.1) is 6.54 Å². The topological polar surface area (TPSA) is 53.8 Å². The molecule has 5 nitrogen and oxygen atoms in total. The van der Waals surface area contributed by atoms with Crippen molar-refractivity contribution in [3.05, 3.63) is 46.6 Å². The fourth-order valence-electron chi connectivity index (χ4n) is 2.41. The molecule has 1 fully saturated rings. The summed E-state index contributed by atoms with van der Waals surface area (Å²) in [7, 11) is 1.72. The molecule has 0 atom stereocenters. The summed E-state index contributed by atoms with van der Waals surface area (Å²) in [4.78, 5) is 27.0. The predicted molar refractivity (Wildman–Crippen MR) is 97.7 cm³/mol. The Labute approximate surface area is 153 Å². The average molecular weight is 409 g/mol. The van der Waals surface area contributed by atoms with E-state index in [0.29, 0.717) is 18.8 Å². The Balaban J connectivity index is 1.60. The number of benzene rings is 1. The first-order valence-corrected chi connectivity index (χ1v) is 9.31. The van der Waals surface area contributed by atoms with Gasteiger partial charge in [-0.05, 0) is 24.3 Å². The van der Waals surface area contributed by atoms with Crippen LogP contribution >= 0.6 is 27.7 Å². The van der Waals surface area contributed by atoms with E-state index in [1.54, 1.807) is 16.8 Å². The maximum Gasteiger partial charge on any atom is 0.282 e. The van der Waals surface area contributed by atoms with E-state index in [9.17, 15) is 9.59 Å². The largest absolute Gasteiger partial charge is 0.459 e. The lowest BCUT2D eigenvalue weighted by Crippen LogP contribution is -2.38. The highest BCUT2D eigenvalue weighted by atomic mass is 79.9. The molecule has 1 saturated heterocycles. The molecule has 7 heteroatoms. The minimum Gasteiger partial charge on any atom is -0.459 e. The molecule has 2 amide bonds. The normalized spacial score (nSPS) is 14.2. The molecule has 3 rings (SSSR count). The van der Waals surface area contributed by atoms with Crippen molar-refractivity contribution in [3.63, 3.8) is 0 Å². The fourth-order valence-corrected chi connectivity index (χ4v) is 3.50. The number of thioether (sulfide) groups is 1. The van der Waals surface area contributed by atoms with Gasteiger partial charge in [-0.2, -0.15) is 0 Å². The maximum absolute atomic E-state index is 12.2. The summed E-state index contributed by atoms with van der Waals surface area (Å²) in [6.45, 7) is 1.14. The Morgan fingerprint density at radius 1 is 1.29 bits per heavy atom. The number of furan rings is 1. The zero-order valence-electron chi connectivity index (χ0n) is 13.2. The van der Waals surface area contributed by atoms with Gasteiger partial charge in [0, 0.05) is 29.4 Å². The first-order chi connectivity index (χ1) is 11.5. The summed E-state index contributed by atoms with van der Waals surface area (Å²) in [5, 5.41) is -0.0210. The summed E-state index contributed by atoms with van der Waals surface area (Å²) in [6.07, 6.45) is 0. The third-order valence-electron chi connectivity index (χ3n) is 3.78. The molecule has 0 N–H and O–H groups in total. The maximum atomic E-state index is 12.2. The minimum absolute atomic E-state index is 0.0210. The second-order valence-corrected chi connectivity index (χ2v) is 7.52. The van der Waals surface area contributed by atoms with E-state index in [2.05, 4.69) is 15.9 Å². The molecule has 1 aliphatic heterocycles. The van der Waals surface area contributed by atoms with Crippen LogP contribution in [0.3, 0.4) is 0 Å². The van der Waals surface area contributed by atoms with Crippen molar-refractivity contribution in [3.8, 4) is 11.3 Å². The molecule has 1 aromatic carbocycles. The molecule has 0 spiro atoms. The highest BCUT2D eigenvalue weighted by Crippen LogP contribution is 2.24. The van der Waals surface area contributed by atoms with Gasteiger partial charge in [0.15, 0.2) is 0 Å². The van der Waals surface area contributed by atoms with Crippen molar-refractivity contribution in [1.82, 2.24) is 9.80 Å². The lowest BCUT2D eigenvalue weighted by molar-refractivity contribution is -0.131. The number of hydrogen-bond donors (Lipinski definition) is 0. The molecule has 0 radical (unpaired) electrons. The number of carbonyl (C=O) groups excluding carboxylic acids is 2. The number of halogens is 1. The molecule has 0 saturated carbocycles. The van der Waals surface area contributed by atoms with Gasteiger partial charge in [-0.25, -0.2) is 0 Å². The number of amides is 2. The van der Waals surface area contributed by atoms with E-state index in [0.717, 1.165) is 21.5 Å². The van der Waals surface area contributed by atoms with Crippen LogP contribution in [0.5, 0.6) is 0 Å². The van der Waals surface area contributed by atoms with Gasteiger partial charge >= 0.3 is 0 Å². The van der Waals surface area contributed by atoms with Crippen LogP contribution in [0.25, 0.3) is 11.3 Å². The third-order valence-corrected chi connectivity index (χ3v) is 5.20. The predicted octanol–water partition coefficient (Wildman–Crippen LogP) is 3.84. The van der Waals surface area contributed by atoms with Crippen molar-refractivity contribution in [1.29, 1.82) is 0 Å². The molecule has 1 aliphatic rings. The molecular weight excluding hydrogens is 392 g/mol. The summed E-state index contributed by atoms with van der Waals surface area (Å²) >= 11 is 4.67. The lowest BCUT2D eigenvalue weighted by atomic mass is 10.2. The molecule has 0 aliphatic carbocycles. The zero-order valence-corrected chi connectivity index (χ0v) is 15.6. The van der Waals surface area contributed by atoms with Crippen LogP contribution in [0.1, 0.15) is 5.76 Å². The van der Waals surface area contributed by atoms with Crippen molar-refractivity contribution >= 4 is 38.8 Å². The van der Waals surface area contributed by atoms with Crippen molar-refractivity contribution in [2.24, 2.45) is 0 Å². The Hall–Kier alpha value is -1.73. The highest BCUT2D eigenvalue weighted by Gasteiger charge is 2.24. The Kier molecular flexibility index (Phi) is 5.30. The van der Waals surface area contributed by atoms with E-state index in [-0.39, 0.29) is 17.7 Å². The van der Waals surface area contributed by atoms with Gasteiger partial charge < -0.3 is 14.2 Å². The van der Waals surface area contributed by atoms with Crippen LogP contribution in [0.15, 0.2) is 45.3 Å². The number of carbonyl (C=O) groups is 2. The average Bonchev–Trinajstić information content (AvgIpc) is 3.18. The Morgan fingerprint density at radius 2 is 2.04 bits per heavy atom. The SMILES string of the molecule is CN(Cc1ccc(-c2ccc(Br)cc2)o1)C(=O)CN1CCSC1=O. The van der Waals surface area contributed by atoms with E-state index in [1.807, 2.05) is 36.4 Å². The van der Waals surface area contributed by atoms with Crippen LogP contribution in [-0.4, -0.2) is 46.8 Å². The number of nitrogens with zero attached hydrogens (tertiary/aromatic N) is 2. The van der Waals surface area contributed by atoms with Crippen LogP contribution in [0.4, 0.5) is 4.79 Å². The number of likely N-dealkylation sites (N-methyl/N-ethyl adjacent to an activating group) is 1. The van der Waals surface area contributed by atoms with Gasteiger partial charge in [-0.15, -0.1) is 0 Å². The number of rotatable bonds is 5. The van der Waals surface area contributed by atoms with E-state index in [1.165, 1.54) is 11.8 Å². The van der Waals surface area contributed by atoms with Crippen LogP contribution in [-0.2, 0) is 11.3 Å². The van der Waals surface area contributed by atoms with Crippen molar-refractivity contribution in [2.45, 2.75) is 6.54 Å². The smallest absolute Gasteiger partial charge is 0.282 e. The summed E-state index contributed by atoms with van der Waals surface area (Å²) in [5.41, 5.74) is 0.984. The first kappa shape index (κ1) is 17.1. The van der Waals surface area contributed by atoms with E-state index < -0.39 is 0 Å². The molecule has 2 heterocycles. The van der Waals surface area contributed by atoms with Crippen molar-refractivity contribution < 1.29 is 14.0 Å². The minimum atomic E-state index is -0.0903. The quantitative estimate of drug-likeness (QED) is 0.753. The fraction of sp³-hybridized carbons (Fsp3) is 0.294. The van der Waals surface area contributed by atoms with Gasteiger partial charge in [0.1, 0.15) is 18.1 Å². The van der Waals surface area contributed by atoms with Crippen molar-refractivity contribution in [2.75, 3.05) is 25.9 Å². The first-order valence-electron chi connectivity index (χ1n) is 7.53.